The Labute approximate surface area is 127 Å². The highest BCUT2D eigenvalue weighted by atomic mass is 16.2. The number of piperidine rings is 2. The lowest BCUT2D eigenvalue weighted by Crippen LogP contribution is -2.68. The molecule has 2 amide bonds. The molecule has 3 heterocycles. The van der Waals surface area contributed by atoms with Crippen molar-refractivity contribution in [2.75, 3.05) is 26.2 Å². The van der Waals surface area contributed by atoms with E-state index < -0.39 is 0 Å². The van der Waals surface area contributed by atoms with Gasteiger partial charge >= 0.3 is 0 Å². The van der Waals surface area contributed by atoms with Crippen LogP contribution >= 0.6 is 0 Å². The molecule has 5 heteroatoms. The van der Waals surface area contributed by atoms with Crippen LogP contribution in [0.15, 0.2) is 0 Å². The maximum atomic E-state index is 12.9. The third kappa shape index (κ3) is 2.56. The quantitative estimate of drug-likeness (QED) is 0.765. The first-order chi connectivity index (χ1) is 10.1. The Morgan fingerprint density at radius 1 is 1.05 bits per heavy atom. The van der Waals surface area contributed by atoms with Gasteiger partial charge in [0.25, 0.3) is 0 Å². The van der Waals surface area contributed by atoms with E-state index in [4.69, 9.17) is 0 Å². The van der Waals surface area contributed by atoms with Gasteiger partial charge in [0, 0.05) is 19.1 Å². The summed E-state index contributed by atoms with van der Waals surface area (Å²) < 4.78 is 0. The highest BCUT2D eigenvalue weighted by molar-refractivity contribution is 5.97. The fourth-order valence-corrected chi connectivity index (χ4v) is 4.22. The summed E-state index contributed by atoms with van der Waals surface area (Å²) in [4.78, 5) is 31.7. The number of rotatable bonds is 2. The lowest BCUT2D eigenvalue weighted by Gasteiger charge is -2.50. The van der Waals surface area contributed by atoms with Crippen molar-refractivity contribution in [3.8, 4) is 0 Å². The zero-order valence-electron chi connectivity index (χ0n) is 13.3. The maximum absolute atomic E-state index is 12.9. The Hall–Kier alpha value is -1.10. The molecule has 3 unspecified atom stereocenters. The number of carbonyl (C=O) groups excluding carboxylic acids is 2. The van der Waals surface area contributed by atoms with E-state index in [0.29, 0.717) is 0 Å². The number of nitrogens with zero attached hydrogens (tertiary/aromatic N) is 3. The van der Waals surface area contributed by atoms with Crippen LogP contribution in [0.25, 0.3) is 0 Å². The fraction of sp³-hybridized carbons (Fsp3) is 0.875. The monoisotopic (exact) mass is 293 g/mol. The van der Waals surface area contributed by atoms with E-state index in [-0.39, 0.29) is 29.9 Å². The van der Waals surface area contributed by atoms with Gasteiger partial charge in [0.2, 0.25) is 11.8 Å². The molecule has 0 aromatic rings. The lowest BCUT2D eigenvalue weighted by atomic mass is 9.92. The zero-order valence-corrected chi connectivity index (χ0v) is 13.3. The number of likely N-dealkylation sites (tertiary alicyclic amines) is 1. The summed E-state index contributed by atoms with van der Waals surface area (Å²) in [6.07, 6.45) is 5.10. The Balaban J connectivity index is 1.80. The minimum Gasteiger partial charge on any atom is -0.329 e. The average Bonchev–Trinajstić information content (AvgIpc) is 2.53. The van der Waals surface area contributed by atoms with Gasteiger partial charge < -0.3 is 14.7 Å². The second-order valence-electron chi connectivity index (χ2n) is 6.65. The Morgan fingerprint density at radius 2 is 1.86 bits per heavy atom. The molecule has 0 N–H and O–H groups in total. The number of amides is 2. The number of hydrogen-bond donors (Lipinski definition) is 0. The third-order valence-electron chi connectivity index (χ3n) is 5.42. The molecule has 3 atom stereocenters. The van der Waals surface area contributed by atoms with Crippen molar-refractivity contribution >= 4 is 11.8 Å². The largest absolute Gasteiger partial charge is 0.329 e. The topological polar surface area (TPSA) is 43.9 Å². The van der Waals surface area contributed by atoms with Gasteiger partial charge in [0.15, 0.2) is 0 Å². The molecule has 3 aliphatic heterocycles. The minimum absolute atomic E-state index is 0.160. The van der Waals surface area contributed by atoms with Crippen LogP contribution in [0, 0.1) is 0 Å². The van der Waals surface area contributed by atoms with E-state index in [1.54, 1.807) is 0 Å². The van der Waals surface area contributed by atoms with Gasteiger partial charge in [-0.15, -0.1) is 0 Å². The second kappa shape index (κ2) is 5.95. The first-order valence-corrected chi connectivity index (χ1v) is 8.48. The van der Waals surface area contributed by atoms with Crippen molar-refractivity contribution in [1.82, 2.24) is 14.7 Å². The van der Waals surface area contributed by atoms with E-state index in [0.717, 1.165) is 58.3 Å². The van der Waals surface area contributed by atoms with Crippen molar-refractivity contribution in [1.29, 1.82) is 0 Å². The smallest absolute Gasteiger partial charge is 0.246 e. The van der Waals surface area contributed by atoms with Crippen molar-refractivity contribution in [3.05, 3.63) is 0 Å². The highest BCUT2D eigenvalue weighted by Gasteiger charge is 2.47. The molecule has 0 aromatic heterocycles. The molecule has 21 heavy (non-hydrogen) atoms. The van der Waals surface area contributed by atoms with Crippen molar-refractivity contribution in [3.63, 3.8) is 0 Å². The standard InChI is InChI=1S/C16H27N3O2/c1-3-17-9-6-7-13(11-17)19-12(2)15(20)18-10-5-4-8-14(18)16(19)21/h12-14H,3-11H2,1-2H3. The molecule has 3 rings (SSSR count). The number of hydrogen-bond acceptors (Lipinski definition) is 3. The van der Waals surface area contributed by atoms with E-state index in [9.17, 15) is 9.59 Å². The van der Waals surface area contributed by atoms with Crippen LogP contribution in [-0.4, -0.2) is 70.8 Å². The normalized spacial score (nSPS) is 35.0. The van der Waals surface area contributed by atoms with Crippen LogP contribution in [0.4, 0.5) is 0 Å². The van der Waals surface area contributed by atoms with E-state index in [2.05, 4.69) is 11.8 Å². The molecule has 0 spiro atoms. The Morgan fingerprint density at radius 3 is 2.62 bits per heavy atom. The van der Waals surface area contributed by atoms with Crippen LogP contribution < -0.4 is 0 Å². The van der Waals surface area contributed by atoms with Crippen LogP contribution in [0.5, 0.6) is 0 Å². The summed E-state index contributed by atoms with van der Waals surface area (Å²) in [5, 5.41) is 0. The molecule has 3 aliphatic rings. The molecule has 118 valence electrons. The molecule has 5 nitrogen and oxygen atoms in total. The molecule has 3 fully saturated rings. The molecular formula is C16H27N3O2. The number of likely N-dealkylation sites (N-methyl/N-ethyl adjacent to an activating group) is 1. The van der Waals surface area contributed by atoms with Gasteiger partial charge in [-0.05, 0) is 52.1 Å². The van der Waals surface area contributed by atoms with Gasteiger partial charge in [-0.25, -0.2) is 0 Å². The number of piperazine rings is 1. The van der Waals surface area contributed by atoms with Gasteiger partial charge in [-0.1, -0.05) is 6.92 Å². The molecule has 3 saturated heterocycles. The Bertz CT molecular complexity index is 426. The Kier molecular flexibility index (Phi) is 4.20. The van der Waals surface area contributed by atoms with Gasteiger partial charge in [0.05, 0.1) is 0 Å². The van der Waals surface area contributed by atoms with Crippen LogP contribution in [-0.2, 0) is 9.59 Å². The third-order valence-corrected chi connectivity index (χ3v) is 5.42. The summed E-state index contributed by atoms with van der Waals surface area (Å²) >= 11 is 0. The van der Waals surface area contributed by atoms with Crippen LogP contribution in [0.1, 0.15) is 46.0 Å². The summed E-state index contributed by atoms with van der Waals surface area (Å²) in [5.41, 5.74) is 0. The predicted octanol–water partition coefficient (Wildman–Crippen LogP) is 1.08. The van der Waals surface area contributed by atoms with Crippen LogP contribution in [0.3, 0.4) is 0 Å². The highest BCUT2D eigenvalue weighted by Crippen LogP contribution is 2.29. The van der Waals surface area contributed by atoms with Gasteiger partial charge in [-0.2, -0.15) is 0 Å². The fourth-order valence-electron chi connectivity index (χ4n) is 4.22. The summed E-state index contributed by atoms with van der Waals surface area (Å²) in [6, 6.07) is -0.248. The van der Waals surface area contributed by atoms with Crippen molar-refractivity contribution in [2.45, 2.75) is 64.1 Å². The summed E-state index contributed by atoms with van der Waals surface area (Å²) in [5.74, 6) is 0.359. The van der Waals surface area contributed by atoms with Crippen molar-refractivity contribution < 1.29 is 9.59 Å². The molecule has 0 radical (unpaired) electrons. The molecule has 0 saturated carbocycles. The SMILES string of the molecule is CCN1CCCC(N2C(=O)C3CCCCN3C(=O)C2C)C1. The van der Waals surface area contributed by atoms with Gasteiger partial charge in [0.1, 0.15) is 12.1 Å². The minimum atomic E-state index is -0.284. The van der Waals surface area contributed by atoms with E-state index >= 15 is 0 Å². The zero-order chi connectivity index (χ0) is 15.0. The van der Waals surface area contributed by atoms with Crippen molar-refractivity contribution in [2.24, 2.45) is 0 Å². The number of carbonyl (C=O) groups is 2. The molecule has 0 aliphatic carbocycles. The average molecular weight is 293 g/mol. The van der Waals surface area contributed by atoms with E-state index in [1.807, 2.05) is 16.7 Å². The molecule has 0 bridgehead atoms. The number of fused-ring (bicyclic) bond motifs is 1. The second-order valence-corrected chi connectivity index (χ2v) is 6.65. The summed E-state index contributed by atoms with van der Waals surface area (Å²) in [7, 11) is 0. The maximum Gasteiger partial charge on any atom is 0.246 e. The van der Waals surface area contributed by atoms with E-state index in [1.165, 1.54) is 0 Å². The lowest BCUT2D eigenvalue weighted by molar-refractivity contribution is -0.166. The molecule has 0 aromatic carbocycles. The summed E-state index contributed by atoms with van der Waals surface area (Å²) in [6.45, 7) is 7.91. The first kappa shape index (κ1) is 14.8. The predicted molar refractivity (Wildman–Crippen MR) is 80.8 cm³/mol. The first-order valence-electron chi connectivity index (χ1n) is 8.48. The van der Waals surface area contributed by atoms with Gasteiger partial charge in [-0.3, -0.25) is 9.59 Å². The van der Waals surface area contributed by atoms with Crippen LogP contribution in [0.2, 0.25) is 0 Å². The molecular weight excluding hydrogens is 266 g/mol.